The summed E-state index contributed by atoms with van der Waals surface area (Å²) in [5, 5.41) is 11.2. The molecule has 1 heterocycles. The predicted octanol–water partition coefficient (Wildman–Crippen LogP) is 4.16. The highest BCUT2D eigenvalue weighted by Gasteiger charge is 2.58. The van der Waals surface area contributed by atoms with E-state index in [1.807, 2.05) is 27.7 Å². The van der Waals surface area contributed by atoms with Crippen LogP contribution in [0.25, 0.3) is 0 Å². The van der Waals surface area contributed by atoms with Crippen molar-refractivity contribution < 1.29 is 33.6 Å². The van der Waals surface area contributed by atoms with Gasteiger partial charge in [0.1, 0.15) is 12.2 Å². The number of rotatable bonds is 6. The van der Waals surface area contributed by atoms with E-state index < -0.39 is 18.2 Å². The summed E-state index contributed by atoms with van der Waals surface area (Å²) < 4.78 is 28.1. The Bertz CT molecular complexity index is 837. The lowest BCUT2D eigenvalue weighted by molar-refractivity contribution is -0.0419. The molecule has 0 unspecified atom stereocenters. The molecule has 0 radical (unpaired) electrons. The number of methoxy groups -OCH3 is 3. The molecule has 7 heteroatoms. The predicted molar refractivity (Wildman–Crippen MR) is 121 cm³/mol. The van der Waals surface area contributed by atoms with Gasteiger partial charge in [-0.1, -0.05) is 25.5 Å². The van der Waals surface area contributed by atoms with Gasteiger partial charge in [-0.15, -0.1) is 0 Å². The zero-order valence-electron chi connectivity index (χ0n) is 20.1. The van der Waals surface area contributed by atoms with Crippen LogP contribution in [-0.2, 0) is 9.47 Å². The molecule has 1 aliphatic carbocycles. The van der Waals surface area contributed by atoms with Gasteiger partial charge in [0.2, 0.25) is 5.75 Å². The summed E-state index contributed by atoms with van der Waals surface area (Å²) in [6.45, 7) is 8.16. The Morgan fingerprint density at radius 1 is 1.16 bits per heavy atom. The first-order valence-electron chi connectivity index (χ1n) is 11.2. The number of hydrogen-bond acceptors (Lipinski definition) is 7. The van der Waals surface area contributed by atoms with Crippen LogP contribution in [-0.4, -0.2) is 56.3 Å². The average molecular weight is 449 g/mol. The largest absolute Gasteiger partial charge is 0.493 e. The Morgan fingerprint density at radius 3 is 2.31 bits per heavy atom. The van der Waals surface area contributed by atoms with Crippen molar-refractivity contribution in [1.29, 1.82) is 0 Å². The first-order valence-corrected chi connectivity index (χ1v) is 11.2. The fourth-order valence-corrected chi connectivity index (χ4v) is 4.80. The van der Waals surface area contributed by atoms with Crippen molar-refractivity contribution in [3.05, 3.63) is 29.3 Å². The first kappa shape index (κ1) is 24.4. The van der Waals surface area contributed by atoms with Crippen molar-refractivity contribution in [2.75, 3.05) is 21.3 Å². The molecule has 0 bridgehead atoms. The second kappa shape index (κ2) is 9.71. The molecule has 0 saturated carbocycles. The molecule has 1 aromatic carbocycles. The van der Waals surface area contributed by atoms with Gasteiger partial charge in [0, 0.05) is 12.3 Å². The van der Waals surface area contributed by atoms with Gasteiger partial charge >= 0.3 is 5.97 Å². The fraction of sp³-hybridized carbons (Fsp3) is 0.640. The lowest BCUT2D eigenvalue weighted by Crippen LogP contribution is -2.43. The number of fused-ring (bicyclic) bond motifs is 1. The highest BCUT2D eigenvalue weighted by Crippen LogP contribution is 2.47. The first-order chi connectivity index (χ1) is 15.1. The molecular weight excluding hydrogens is 412 g/mol. The minimum Gasteiger partial charge on any atom is -0.493 e. The van der Waals surface area contributed by atoms with E-state index >= 15 is 0 Å². The summed E-state index contributed by atoms with van der Waals surface area (Å²) in [4.78, 5) is 13.2. The molecule has 1 N–H and O–H groups in total. The minimum absolute atomic E-state index is 0.0865. The second-order valence-electron chi connectivity index (χ2n) is 9.31. The highest BCUT2D eigenvalue weighted by molar-refractivity contribution is 5.91. The molecule has 178 valence electrons. The third kappa shape index (κ3) is 4.89. The quantitative estimate of drug-likeness (QED) is 0.397. The summed E-state index contributed by atoms with van der Waals surface area (Å²) in [6.07, 6.45) is 3.00. The summed E-state index contributed by atoms with van der Waals surface area (Å²) in [5.41, 5.74) is 1.10. The number of carbonyl (C=O) groups excluding carboxylic acids is 1. The molecule has 32 heavy (non-hydrogen) atoms. The van der Waals surface area contributed by atoms with Gasteiger partial charge in [-0.3, -0.25) is 0 Å². The van der Waals surface area contributed by atoms with Crippen molar-refractivity contribution in [2.45, 2.75) is 70.9 Å². The summed E-state index contributed by atoms with van der Waals surface area (Å²) in [6, 6.07) is 3.16. The van der Waals surface area contributed by atoms with Gasteiger partial charge in [-0.2, -0.15) is 0 Å². The third-order valence-corrected chi connectivity index (χ3v) is 6.66. The molecule has 1 saturated heterocycles. The number of esters is 1. The Morgan fingerprint density at radius 2 is 1.78 bits per heavy atom. The second-order valence-corrected chi connectivity index (χ2v) is 9.31. The van der Waals surface area contributed by atoms with Crippen LogP contribution >= 0.6 is 0 Å². The maximum atomic E-state index is 13.2. The van der Waals surface area contributed by atoms with Crippen LogP contribution in [0.15, 0.2) is 23.8 Å². The van der Waals surface area contributed by atoms with Gasteiger partial charge < -0.3 is 28.8 Å². The topological polar surface area (TPSA) is 86.8 Å². The van der Waals surface area contributed by atoms with Crippen molar-refractivity contribution >= 4 is 5.97 Å². The molecule has 1 fully saturated rings. The van der Waals surface area contributed by atoms with Crippen molar-refractivity contribution in [3.8, 4) is 17.2 Å². The molecule has 5 atom stereocenters. The van der Waals surface area contributed by atoms with Crippen LogP contribution in [0, 0.1) is 11.8 Å². The van der Waals surface area contributed by atoms with Crippen molar-refractivity contribution in [1.82, 2.24) is 0 Å². The monoisotopic (exact) mass is 448 g/mol. The van der Waals surface area contributed by atoms with Gasteiger partial charge in [-0.25, -0.2) is 4.79 Å². The zero-order chi connectivity index (χ0) is 23.6. The molecule has 0 aromatic heterocycles. The fourth-order valence-electron chi connectivity index (χ4n) is 4.80. The van der Waals surface area contributed by atoms with Gasteiger partial charge in [0.15, 0.2) is 11.5 Å². The third-order valence-electron chi connectivity index (χ3n) is 6.66. The van der Waals surface area contributed by atoms with Gasteiger partial charge in [-0.05, 0) is 44.7 Å². The van der Waals surface area contributed by atoms with E-state index in [2.05, 4.69) is 6.08 Å². The molecule has 0 spiro atoms. The van der Waals surface area contributed by atoms with E-state index in [9.17, 15) is 9.90 Å². The average Bonchev–Trinajstić information content (AvgIpc) is 3.43. The summed E-state index contributed by atoms with van der Waals surface area (Å²) in [7, 11) is 4.51. The van der Waals surface area contributed by atoms with E-state index in [0.717, 1.165) is 18.4 Å². The van der Waals surface area contributed by atoms with Crippen LogP contribution in [0.2, 0.25) is 0 Å². The number of aliphatic hydroxyl groups excluding tert-OH is 1. The molecule has 2 aliphatic rings. The molecule has 7 nitrogen and oxygen atoms in total. The zero-order valence-corrected chi connectivity index (χ0v) is 20.1. The molecular formula is C25H36O7. The van der Waals surface area contributed by atoms with E-state index in [1.165, 1.54) is 21.3 Å². The number of hydrogen-bond donors (Lipinski definition) is 1. The lowest BCUT2D eigenvalue weighted by Gasteiger charge is -2.34. The Hall–Kier alpha value is -2.25. The van der Waals surface area contributed by atoms with E-state index in [1.54, 1.807) is 12.1 Å². The Kier molecular flexibility index (Phi) is 7.40. The Labute approximate surface area is 190 Å². The highest BCUT2D eigenvalue weighted by atomic mass is 16.6. The van der Waals surface area contributed by atoms with Crippen LogP contribution in [0.3, 0.4) is 0 Å². The van der Waals surface area contributed by atoms with Crippen LogP contribution in [0.5, 0.6) is 17.2 Å². The molecule has 0 amide bonds. The number of allylic oxidation sites excluding steroid dienone is 1. The summed E-state index contributed by atoms with van der Waals surface area (Å²) >= 11 is 0. The van der Waals surface area contributed by atoms with Crippen molar-refractivity contribution in [2.24, 2.45) is 11.8 Å². The number of carbonyl (C=O) groups is 1. The van der Waals surface area contributed by atoms with Crippen LogP contribution in [0.1, 0.15) is 57.3 Å². The standard InChI is InChI=1S/C25H36O7/c1-14(2)20-17(11-15(3)9-8-10-25(4)23(32-25)21(20)26)31-24(27)16-12-18(28-5)22(30-7)19(13-16)29-6/h9,12-14,17,20-21,23,26H,8,10-11H2,1-7H3/b15-9-/t17-,20-,21-,23+,25-/m0/s1. The maximum Gasteiger partial charge on any atom is 0.338 e. The number of benzene rings is 1. The molecule has 1 aliphatic heterocycles. The normalized spacial score (nSPS) is 31.7. The van der Waals surface area contributed by atoms with E-state index in [-0.39, 0.29) is 23.5 Å². The Balaban J connectivity index is 1.93. The smallest absolute Gasteiger partial charge is 0.338 e. The number of epoxide rings is 1. The van der Waals surface area contributed by atoms with Gasteiger partial charge in [0.05, 0.1) is 38.6 Å². The van der Waals surface area contributed by atoms with Gasteiger partial charge in [0.25, 0.3) is 0 Å². The van der Waals surface area contributed by atoms with E-state index in [4.69, 9.17) is 23.7 Å². The van der Waals surface area contributed by atoms with Crippen molar-refractivity contribution in [3.63, 3.8) is 0 Å². The SMILES string of the molecule is COc1cc(C(=O)O[C@H]2C/C(C)=C\CC[C@]3(C)O[C@@H]3[C@@H](O)[C@H]2C(C)C)cc(OC)c1OC. The minimum atomic E-state index is -0.719. The van der Waals surface area contributed by atoms with Crippen LogP contribution in [0.4, 0.5) is 0 Å². The molecule has 3 rings (SSSR count). The molecule has 1 aromatic rings. The number of aliphatic hydroxyl groups is 1. The van der Waals surface area contributed by atoms with E-state index in [0.29, 0.717) is 29.2 Å². The maximum absolute atomic E-state index is 13.2. The van der Waals surface area contributed by atoms with Crippen LogP contribution < -0.4 is 14.2 Å². The lowest BCUT2D eigenvalue weighted by atomic mass is 9.78. The number of ether oxygens (including phenoxy) is 5. The summed E-state index contributed by atoms with van der Waals surface area (Å²) in [5.74, 6) is 0.477.